The molecule has 0 fully saturated rings. The summed E-state index contributed by atoms with van der Waals surface area (Å²) < 4.78 is 0. The van der Waals surface area contributed by atoms with Crippen molar-refractivity contribution < 1.29 is 0 Å². The summed E-state index contributed by atoms with van der Waals surface area (Å²) in [6.07, 6.45) is 5.14. The molecule has 0 bridgehead atoms. The van der Waals surface area contributed by atoms with Crippen molar-refractivity contribution >= 4 is 22.5 Å². The number of benzene rings is 2. The molecule has 2 aliphatic rings. The van der Waals surface area contributed by atoms with Gasteiger partial charge in [-0.2, -0.15) is 0 Å². The second-order valence-electron chi connectivity index (χ2n) is 6.00. The molecule has 0 saturated heterocycles. The first-order chi connectivity index (χ1) is 10.7. The van der Waals surface area contributed by atoms with Crippen LogP contribution in [0, 0.1) is 6.92 Å². The van der Waals surface area contributed by atoms with Gasteiger partial charge < -0.3 is 0 Å². The Labute approximate surface area is 131 Å². The fraction of sp³-hybridized carbons (Fsp3) is 0.143. The van der Waals surface area contributed by atoms with E-state index in [1.807, 2.05) is 6.08 Å². The molecule has 0 aromatic heterocycles. The lowest BCUT2D eigenvalue weighted by Crippen LogP contribution is -1.92. The Morgan fingerprint density at radius 1 is 1.00 bits per heavy atom. The molecule has 22 heavy (non-hydrogen) atoms. The first-order valence-corrected chi connectivity index (χ1v) is 7.62. The Morgan fingerprint density at radius 3 is 2.77 bits per heavy atom. The Bertz CT molecular complexity index is 903. The van der Waals surface area contributed by atoms with Gasteiger partial charge in [0.15, 0.2) is 0 Å². The van der Waals surface area contributed by atoms with E-state index in [2.05, 4.69) is 73.1 Å². The maximum absolute atomic E-state index is 4.58. The summed E-state index contributed by atoms with van der Waals surface area (Å²) in [5.41, 5.74) is 13.2. The first kappa shape index (κ1) is 13.1. The highest BCUT2D eigenvalue weighted by atomic mass is 14.8. The SMILES string of the molecule is CC1=Nc2ccc(C3=CC=C=C3c3cccc(C)c3)cc2C1. The van der Waals surface area contributed by atoms with Crippen LogP contribution >= 0.6 is 0 Å². The van der Waals surface area contributed by atoms with Crippen molar-refractivity contribution in [3.05, 3.63) is 82.6 Å². The molecule has 0 saturated carbocycles. The van der Waals surface area contributed by atoms with Crippen LogP contribution in [0.3, 0.4) is 0 Å². The first-order valence-electron chi connectivity index (χ1n) is 7.62. The molecule has 1 aliphatic heterocycles. The minimum atomic E-state index is 0.966. The summed E-state index contributed by atoms with van der Waals surface area (Å²) in [6.45, 7) is 4.22. The van der Waals surface area contributed by atoms with Gasteiger partial charge in [-0.3, -0.25) is 4.99 Å². The van der Waals surface area contributed by atoms with Gasteiger partial charge in [0.25, 0.3) is 0 Å². The van der Waals surface area contributed by atoms with Crippen molar-refractivity contribution in [2.24, 2.45) is 4.99 Å². The van der Waals surface area contributed by atoms with Crippen molar-refractivity contribution in [1.29, 1.82) is 0 Å². The summed E-state index contributed by atoms with van der Waals surface area (Å²) in [4.78, 5) is 4.58. The normalized spacial score (nSPS) is 15.5. The van der Waals surface area contributed by atoms with E-state index in [0.29, 0.717) is 0 Å². The summed E-state index contributed by atoms with van der Waals surface area (Å²) in [6, 6.07) is 15.2. The number of hydrogen-bond acceptors (Lipinski definition) is 1. The molecule has 1 aliphatic carbocycles. The maximum Gasteiger partial charge on any atom is 0.0665 e. The number of rotatable bonds is 2. The fourth-order valence-electron chi connectivity index (χ4n) is 3.17. The van der Waals surface area contributed by atoms with Gasteiger partial charge in [-0.15, -0.1) is 5.73 Å². The van der Waals surface area contributed by atoms with Gasteiger partial charge in [0.05, 0.1) is 5.69 Å². The molecule has 1 heteroatoms. The molecule has 0 radical (unpaired) electrons. The quantitative estimate of drug-likeness (QED) is 0.665. The van der Waals surface area contributed by atoms with Crippen LogP contribution in [0.1, 0.15) is 29.2 Å². The van der Waals surface area contributed by atoms with Crippen LogP contribution in [0.15, 0.2) is 65.3 Å². The molecule has 2 aromatic carbocycles. The van der Waals surface area contributed by atoms with E-state index in [9.17, 15) is 0 Å². The molecule has 0 atom stereocenters. The number of hydrogen-bond donors (Lipinski definition) is 0. The molecule has 1 heterocycles. The Kier molecular flexibility index (Phi) is 2.96. The molecule has 0 unspecified atom stereocenters. The van der Waals surface area contributed by atoms with Gasteiger partial charge in [0.1, 0.15) is 0 Å². The molecule has 0 amide bonds. The highest BCUT2D eigenvalue weighted by Crippen LogP contribution is 2.36. The lowest BCUT2D eigenvalue weighted by atomic mass is 9.92. The lowest BCUT2D eigenvalue weighted by Gasteiger charge is -2.11. The molecule has 2 aromatic rings. The van der Waals surface area contributed by atoms with Gasteiger partial charge >= 0.3 is 0 Å². The van der Waals surface area contributed by atoms with Crippen LogP contribution < -0.4 is 0 Å². The molecule has 0 spiro atoms. The van der Waals surface area contributed by atoms with Gasteiger partial charge in [-0.05, 0) is 60.4 Å². The summed E-state index contributed by atoms with van der Waals surface area (Å²) in [7, 11) is 0. The van der Waals surface area contributed by atoms with Crippen molar-refractivity contribution in [3.8, 4) is 0 Å². The Hall–Kier alpha value is -2.63. The predicted octanol–water partition coefficient (Wildman–Crippen LogP) is 5.28. The van der Waals surface area contributed by atoms with Gasteiger partial charge in [0, 0.05) is 17.7 Å². The average molecular weight is 283 g/mol. The molecule has 106 valence electrons. The second kappa shape index (κ2) is 4.98. The average Bonchev–Trinajstić information content (AvgIpc) is 3.11. The van der Waals surface area contributed by atoms with E-state index in [-0.39, 0.29) is 0 Å². The van der Waals surface area contributed by atoms with Crippen molar-refractivity contribution in [3.63, 3.8) is 0 Å². The zero-order chi connectivity index (χ0) is 15.1. The van der Waals surface area contributed by atoms with Crippen LogP contribution in [-0.2, 0) is 6.42 Å². The van der Waals surface area contributed by atoms with Crippen LogP contribution in [-0.4, -0.2) is 5.71 Å². The molecular formula is C21H17N. The topological polar surface area (TPSA) is 12.4 Å². The number of fused-ring (bicyclic) bond motifs is 1. The molecule has 0 N–H and O–H groups in total. The summed E-state index contributed by atoms with van der Waals surface area (Å²) >= 11 is 0. The van der Waals surface area contributed by atoms with E-state index in [1.165, 1.54) is 39.1 Å². The number of aryl methyl sites for hydroxylation is 1. The lowest BCUT2D eigenvalue weighted by molar-refractivity contribution is 1.37. The van der Waals surface area contributed by atoms with E-state index >= 15 is 0 Å². The largest absolute Gasteiger partial charge is 0.257 e. The van der Waals surface area contributed by atoms with Crippen LogP contribution in [0.25, 0.3) is 11.1 Å². The van der Waals surface area contributed by atoms with Gasteiger partial charge in [-0.1, -0.05) is 35.9 Å². The van der Waals surface area contributed by atoms with Gasteiger partial charge in [0.2, 0.25) is 0 Å². The van der Waals surface area contributed by atoms with E-state index in [0.717, 1.165) is 12.1 Å². The van der Waals surface area contributed by atoms with Crippen LogP contribution in [0.5, 0.6) is 0 Å². The zero-order valence-corrected chi connectivity index (χ0v) is 12.9. The van der Waals surface area contributed by atoms with Crippen molar-refractivity contribution in [1.82, 2.24) is 0 Å². The maximum atomic E-state index is 4.58. The van der Waals surface area contributed by atoms with Crippen LogP contribution in [0.4, 0.5) is 5.69 Å². The third-order valence-electron chi connectivity index (χ3n) is 4.20. The van der Waals surface area contributed by atoms with Crippen molar-refractivity contribution in [2.75, 3.05) is 0 Å². The van der Waals surface area contributed by atoms with Crippen molar-refractivity contribution in [2.45, 2.75) is 20.3 Å². The summed E-state index contributed by atoms with van der Waals surface area (Å²) in [5.74, 6) is 0. The Morgan fingerprint density at radius 2 is 1.91 bits per heavy atom. The molecule has 1 nitrogen and oxygen atoms in total. The van der Waals surface area contributed by atoms with E-state index in [4.69, 9.17) is 0 Å². The highest BCUT2D eigenvalue weighted by molar-refractivity contribution is 6.07. The van der Waals surface area contributed by atoms with E-state index < -0.39 is 0 Å². The Balaban J connectivity index is 1.73. The smallest absolute Gasteiger partial charge is 0.0665 e. The summed E-state index contributed by atoms with van der Waals surface area (Å²) in [5, 5.41) is 0. The standard InChI is InChI=1S/C21H17N/c1-14-5-3-6-16(11-14)19-7-4-8-20(19)17-9-10-21-18(13-17)12-15(2)22-21/h3-6,8-11,13H,12H2,1-2H3. The third-order valence-corrected chi connectivity index (χ3v) is 4.20. The van der Waals surface area contributed by atoms with E-state index in [1.54, 1.807) is 0 Å². The minimum absolute atomic E-state index is 0.966. The third kappa shape index (κ3) is 2.16. The van der Waals surface area contributed by atoms with Crippen LogP contribution in [0.2, 0.25) is 0 Å². The highest BCUT2D eigenvalue weighted by Gasteiger charge is 2.16. The predicted molar refractivity (Wildman–Crippen MR) is 93.6 cm³/mol. The monoisotopic (exact) mass is 283 g/mol. The second-order valence-corrected chi connectivity index (χ2v) is 6.00. The number of nitrogens with zero attached hydrogens (tertiary/aromatic N) is 1. The molecule has 4 rings (SSSR count). The van der Waals surface area contributed by atoms with Gasteiger partial charge in [-0.25, -0.2) is 0 Å². The number of allylic oxidation sites excluding steroid dienone is 3. The zero-order valence-electron chi connectivity index (χ0n) is 12.9. The minimum Gasteiger partial charge on any atom is -0.257 e. The number of aliphatic imine (C=N–C) groups is 1. The fourth-order valence-corrected chi connectivity index (χ4v) is 3.17. The molecular weight excluding hydrogens is 266 g/mol.